The molecule has 5 rings (SSSR count). The Kier molecular flexibility index (Phi) is 4.42. The largest absolute Gasteiger partial charge is 0.463 e. The Morgan fingerprint density at radius 3 is 2.59 bits per heavy atom. The minimum Gasteiger partial charge on any atom is -0.463 e. The zero-order valence-electron chi connectivity index (χ0n) is 16.5. The van der Waals surface area contributed by atoms with Crippen LogP contribution in [0.25, 0.3) is 22.5 Å². The molecule has 0 atom stereocenters. The van der Waals surface area contributed by atoms with Crippen molar-refractivity contribution in [2.45, 2.75) is 19.3 Å². The van der Waals surface area contributed by atoms with Crippen LogP contribution in [0.3, 0.4) is 0 Å². The number of nitrogens with zero attached hydrogens (tertiary/aromatic N) is 5. The first-order valence-corrected chi connectivity index (χ1v) is 10.0. The maximum atomic E-state index is 6.23. The van der Waals surface area contributed by atoms with E-state index < -0.39 is 0 Å². The Morgan fingerprint density at radius 1 is 1.07 bits per heavy atom. The predicted molar refractivity (Wildman–Crippen MR) is 114 cm³/mol. The molecule has 1 aromatic carbocycles. The van der Waals surface area contributed by atoms with Crippen LogP contribution in [-0.4, -0.2) is 32.8 Å². The molecule has 0 radical (unpaired) electrons. The molecule has 0 bridgehead atoms. The lowest BCUT2D eigenvalue weighted by molar-refractivity contribution is 0.401. The molecule has 0 amide bonds. The van der Waals surface area contributed by atoms with Crippen LogP contribution in [0.5, 0.6) is 0 Å². The van der Waals surface area contributed by atoms with Crippen molar-refractivity contribution < 1.29 is 4.42 Å². The summed E-state index contributed by atoms with van der Waals surface area (Å²) in [6, 6.07) is 14.5. The number of anilines is 2. The third-order valence-electron chi connectivity index (χ3n) is 5.75. The highest BCUT2D eigenvalue weighted by atomic mass is 16.3. The van der Waals surface area contributed by atoms with E-state index in [-0.39, 0.29) is 0 Å². The Bertz CT molecular complexity index is 1110. The van der Waals surface area contributed by atoms with Gasteiger partial charge in [-0.15, -0.1) is 0 Å². The van der Waals surface area contributed by atoms with Gasteiger partial charge in [0.1, 0.15) is 11.5 Å². The summed E-state index contributed by atoms with van der Waals surface area (Å²) < 4.78 is 7.26. The Balaban J connectivity index is 1.41. The molecule has 0 spiro atoms. The second-order valence-corrected chi connectivity index (χ2v) is 7.68. The lowest BCUT2D eigenvalue weighted by atomic mass is 9.90. The van der Waals surface area contributed by atoms with Gasteiger partial charge in [-0.25, -0.2) is 4.98 Å². The van der Waals surface area contributed by atoms with Gasteiger partial charge in [0.2, 0.25) is 5.95 Å². The number of hydrogen-bond donors (Lipinski definition) is 1. The fourth-order valence-corrected chi connectivity index (χ4v) is 4.12. The zero-order chi connectivity index (χ0) is 19.8. The number of benzene rings is 1. The van der Waals surface area contributed by atoms with E-state index in [9.17, 15) is 0 Å². The van der Waals surface area contributed by atoms with Crippen molar-refractivity contribution in [2.24, 2.45) is 13.0 Å². The molecule has 148 valence electrons. The van der Waals surface area contributed by atoms with Crippen LogP contribution in [-0.2, 0) is 13.5 Å². The molecular weight excluding hydrogens is 364 g/mol. The Morgan fingerprint density at radius 2 is 1.86 bits per heavy atom. The van der Waals surface area contributed by atoms with Gasteiger partial charge < -0.3 is 15.1 Å². The van der Waals surface area contributed by atoms with Gasteiger partial charge in [0.05, 0.1) is 11.6 Å². The monoisotopic (exact) mass is 388 g/mol. The fourth-order valence-electron chi connectivity index (χ4n) is 4.12. The molecule has 1 fully saturated rings. The topological polar surface area (TPSA) is 86.0 Å². The molecule has 3 aromatic heterocycles. The third-order valence-corrected chi connectivity index (χ3v) is 5.75. The van der Waals surface area contributed by atoms with Crippen molar-refractivity contribution in [3.05, 3.63) is 54.3 Å². The summed E-state index contributed by atoms with van der Waals surface area (Å²) in [6.07, 6.45) is 5.01. The summed E-state index contributed by atoms with van der Waals surface area (Å²) in [6.45, 7) is 1.87. The van der Waals surface area contributed by atoms with Crippen LogP contribution in [0.15, 0.2) is 53.1 Å². The van der Waals surface area contributed by atoms with Crippen molar-refractivity contribution in [3.63, 3.8) is 0 Å². The lowest BCUT2D eigenvalue weighted by Crippen LogP contribution is -2.35. The minimum absolute atomic E-state index is 0.541. The standard InChI is InChI=1S/C22H24N6O/c1-27-20(23)18-19(17-8-5-13-29-17)24-22(25-21(18)26-27)28-11-9-16(10-12-28)14-15-6-3-2-4-7-15/h2-8,13,16H,9-12,14,23H2,1H3. The normalized spacial score (nSPS) is 15.3. The Labute approximate surface area is 169 Å². The summed E-state index contributed by atoms with van der Waals surface area (Å²) >= 11 is 0. The molecule has 0 saturated carbocycles. The second-order valence-electron chi connectivity index (χ2n) is 7.68. The van der Waals surface area contributed by atoms with Crippen molar-refractivity contribution >= 4 is 22.8 Å². The predicted octanol–water partition coefficient (Wildman–Crippen LogP) is 3.66. The number of piperidine rings is 1. The summed E-state index contributed by atoms with van der Waals surface area (Å²) in [7, 11) is 1.82. The summed E-state index contributed by atoms with van der Waals surface area (Å²) in [4.78, 5) is 11.8. The SMILES string of the molecule is Cn1nc2nc(N3CCC(Cc4ccccc4)CC3)nc(-c3ccco3)c2c1N. The van der Waals surface area contributed by atoms with Crippen LogP contribution in [0.1, 0.15) is 18.4 Å². The summed E-state index contributed by atoms with van der Waals surface area (Å²) in [5, 5.41) is 5.22. The zero-order valence-corrected chi connectivity index (χ0v) is 16.5. The van der Waals surface area contributed by atoms with E-state index in [1.54, 1.807) is 10.9 Å². The molecule has 7 heteroatoms. The minimum atomic E-state index is 0.541. The highest BCUT2D eigenvalue weighted by molar-refractivity contribution is 5.97. The van der Waals surface area contributed by atoms with Crippen molar-refractivity contribution in [2.75, 3.05) is 23.7 Å². The molecular formula is C22H24N6O. The maximum absolute atomic E-state index is 6.23. The van der Waals surface area contributed by atoms with E-state index in [1.165, 1.54) is 5.56 Å². The number of nitrogen functional groups attached to an aromatic ring is 1. The smallest absolute Gasteiger partial charge is 0.228 e. The molecule has 4 aromatic rings. The molecule has 4 heterocycles. The van der Waals surface area contributed by atoms with Crippen LogP contribution in [0.2, 0.25) is 0 Å². The van der Waals surface area contributed by atoms with E-state index in [2.05, 4.69) is 40.3 Å². The van der Waals surface area contributed by atoms with Gasteiger partial charge >= 0.3 is 0 Å². The number of aromatic nitrogens is 4. The summed E-state index contributed by atoms with van der Waals surface area (Å²) in [5.41, 5.74) is 8.95. The van der Waals surface area contributed by atoms with Gasteiger partial charge in [0.15, 0.2) is 11.4 Å². The number of aryl methyl sites for hydroxylation is 1. The van der Waals surface area contributed by atoms with Gasteiger partial charge in [-0.3, -0.25) is 4.68 Å². The van der Waals surface area contributed by atoms with E-state index in [1.807, 2.05) is 19.2 Å². The van der Waals surface area contributed by atoms with Gasteiger partial charge in [0.25, 0.3) is 0 Å². The Hall–Kier alpha value is -3.35. The van der Waals surface area contributed by atoms with E-state index in [4.69, 9.17) is 20.1 Å². The molecule has 1 aliphatic rings. The average Bonchev–Trinajstić information content (AvgIpc) is 3.38. The van der Waals surface area contributed by atoms with Gasteiger partial charge in [0, 0.05) is 20.1 Å². The van der Waals surface area contributed by atoms with Gasteiger partial charge in [-0.1, -0.05) is 30.3 Å². The third kappa shape index (κ3) is 3.33. The molecule has 1 saturated heterocycles. The van der Waals surface area contributed by atoms with Gasteiger partial charge in [-0.05, 0) is 42.9 Å². The fraction of sp³-hybridized carbons (Fsp3) is 0.318. The first kappa shape index (κ1) is 17.7. The maximum Gasteiger partial charge on any atom is 0.228 e. The highest BCUT2D eigenvalue weighted by Gasteiger charge is 2.25. The lowest BCUT2D eigenvalue weighted by Gasteiger charge is -2.32. The molecule has 1 aliphatic heterocycles. The first-order chi connectivity index (χ1) is 14.2. The molecule has 7 nitrogen and oxygen atoms in total. The molecule has 29 heavy (non-hydrogen) atoms. The number of nitrogens with two attached hydrogens (primary N) is 1. The van der Waals surface area contributed by atoms with E-state index in [0.717, 1.165) is 37.7 Å². The number of fused-ring (bicyclic) bond motifs is 1. The second kappa shape index (κ2) is 7.24. The number of furan rings is 1. The molecule has 0 aliphatic carbocycles. The molecule has 2 N–H and O–H groups in total. The van der Waals surface area contributed by atoms with Crippen LogP contribution in [0.4, 0.5) is 11.8 Å². The van der Waals surface area contributed by atoms with Crippen LogP contribution in [0, 0.1) is 5.92 Å². The highest BCUT2D eigenvalue weighted by Crippen LogP contribution is 2.33. The van der Waals surface area contributed by atoms with E-state index in [0.29, 0.717) is 34.8 Å². The quantitative estimate of drug-likeness (QED) is 0.574. The van der Waals surface area contributed by atoms with Crippen molar-refractivity contribution in [1.29, 1.82) is 0 Å². The van der Waals surface area contributed by atoms with Crippen LogP contribution < -0.4 is 10.6 Å². The summed E-state index contributed by atoms with van der Waals surface area (Å²) in [5.74, 6) is 2.60. The number of hydrogen-bond acceptors (Lipinski definition) is 6. The van der Waals surface area contributed by atoms with E-state index >= 15 is 0 Å². The van der Waals surface area contributed by atoms with Crippen molar-refractivity contribution in [3.8, 4) is 11.5 Å². The van der Waals surface area contributed by atoms with Gasteiger partial charge in [-0.2, -0.15) is 10.1 Å². The molecule has 0 unspecified atom stereocenters. The first-order valence-electron chi connectivity index (χ1n) is 10.0. The van der Waals surface area contributed by atoms with Crippen LogP contribution >= 0.6 is 0 Å². The average molecular weight is 388 g/mol. The number of rotatable bonds is 4. The van der Waals surface area contributed by atoms with Crippen molar-refractivity contribution in [1.82, 2.24) is 19.7 Å².